The minimum absolute atomic E-state index is 0.0860. The molecule has 0 aliphatic rings. The fourth-order valence-corrected chi connectivity index (χ4v) is 1.83. The van der Waals surface area contributed by atoms with Gasteiger partial charge in [0.2, 0.25) is 0 Å². The molecule has 0 radical (unpaired) electrons. The highest BCUT2D eigenvalue weighted by molar-refractivity contribution is 5.63. The van der Waals surface area contributed by atoms with E-state index in [4.69, 9.17) is 0 Å². The van der Waals surface area contributed by atoms with Crippen molar-refractivity contribution in [3.63, 3.8) is 0 Å². The van der Waals surface area contributed by atoms with E-state index in [-0.39, 0.29) is 11.5 Å². The van der Waals surface area contributed by atoms with Crippen LogP contribution in [0.5, 0.6) is 0 Å². The number of rotatable bonds is 4. The highest BCUT2D eigenvalue weighted by atomic mass is 19.4. The maximum absolute atomic E-state index is 13.2. The average molecular weight is 298 g/mol. The molecule has 1 aromatic heterocycles. The molecule has 0 bridgehead atoms. The molecule has 0 aliphatic heterocycles. The maximum atomic E-state index is 13.2. The summed E-state index contributed by atoms with van der Waals surface area (Å²) in [4.78, 5) is 4.12. The van der Waals surface area contributed by atoms with Crippen molar-refractivity contribution >= 4 is 5.82 Å². The Morgan fingerprint density at radius 3 is 2.52 bits per heavy atom. The summed E-state index contributed by atoms with van der Waals surface area (Å²) < 4.78 is 52.0. The molecule has 112 valence electrons. The molecule has 0 unspecified atom stereocenters. The zero-order chi connectivity index (χ0) is 15.5. The SMILES string of the molecule is CCCNc1cc(C(F)(F)F)cc(-c2cccc(F)c2)n1. The fraction of sp³-hybridized carbons (Fsp3) is 0.267. The average Bonchev–Trinajstić information content (AvgIpc) is 2.44. The van der Waals surface area contributed by atoms with Crippen LogP contribution in [0.3, 0.4) is 0 Å². The summed E-state index contributed by atoms with van der Waals surface area (Å²) in [5.41, 5.74) is -0.418. The van der Waals surface area contributed by atoms with Gasteiger partial charge in [-0.15, -0.1) is 0 Å². The Morgan fingerprint density at radius 2 is 1.90 bits per heavy atom. The number of hydrogen-bond acceptors (Lipinski definition) is 2. The first-order valence-electron chi connectivity index (χ1n) is 6.49. The molecule has 0 spiro atoms. The number of aromatic nitrogens is 1. The van der Waals surface area contributed by atoms with Gasteiger partial charge in [-0.05, 0) is 30.7 Å². The molecular formula is C15H14F4N2. The normalized spacial score (nSPS) is 11.5. The van der Waals surface area contributed by atoms with Gasteiger partial charge in [0, 0.05) is 12.1 Å². The molecule has 1 heterocycles. The molecule has 1 N–H and O–H groups in total. The van der Waals surface area contributed by atoms with Gasteiger partial charge in [-0.25, -0.2) is 9.37 Å². The van der Waals surface area contributed by atoms with Crippen LogP contribution in [0.1, 0.15) is 18.9 Å². The van der Waals surface area contributed by atoms with Crippen molar-refractivity contribution in [2.75, 3.05) is 11.9 Å². The third-order valence-corrected chi connectivity index (χ3v) is 2.83. The zero-order valence-electron chi connectivity index (χ0n) is 11.3. The lowest BCUT2D eigenvalue weighted by Crippen LogP contribution is -2.09. The Morgan fingerprint density at radius 1 is 1.14 bits per heavy atom. The van der Waals surface area contributed by atoms with Crippen molar-refractivity contribution in [2.45, 2.75) is 19.5 Å². The van der Waals surface area contributed by atoms with Gasteiger partial charge in [-0.1, -0.05) is 19.1 Å². The minimum Gasteiger partial charge on any atom is -0.370 e. The molecule has 0 aliphatic carbocycles. The number of benzene rings is 1. The van der Waals surface area contributed by atoms with Crippen molar-refractivity contribution in [3.05, 3.63) is 47.8 Å². The summed E-state index contributed by atoms with van der Waals surface area (Å²) in [6.07, 6.45) is -3.72. The molecule has 0 fully saturated rings. The fourth-order valence-electron chi connectivity index (χ4n) is 1.83. The van der Waals surface area contributed by atoms with Gasteiger partial charge in [0.05, 0.1) is 11.3 Å². The second-order valence-electron chi connectivity index (χ2n) is 4.56. The van der Waals surface area contributed by atoms with E-state index in [1.807, 2.05) is 6.92 Å². The Labute approximate surface area is 119 Å². The minimum atomic E-state index is -4.48. The predicted molar refractivity (Wildman–Crippen MR) is 73.4 cm³/mol. The van der Waals surface area contributed by atoms with Crippen LogP contribution in [0.25, 0.3) is 11.3 Å². The Hall–Kier alpha value is -2.11. The highest BCUT2D eigenvalue weighted by Gasteiger charge is 2.31. The number of nitrogens with zero attached hydrogens (tertiary/aromatic N) is 1. The second kappa shape index (κ2) is 6.11. The zero-order valence-corrected chi connectivity index (χ0v) is 11.3. The van der Waals surface area contributed by atoms with Gasteiger partial charge in [-0.2, -0.15) is 13.2 Å². The molecule has 0 atom stereocenters. The van der Waals surface area contributed by atoms with Crippen LogP contribution in [0.4, 0.5) is 23.4 Å². The van der Waals surface area contributed by atoms with E-state index in [0.29, 0.717) is 12.1 Å². The molecule has 6 heteroatoms. The third kappa shape index (κ3) is 3.93. The number of pyridine rings is 1. The van der Waals surface area contributed by atoms with Crippen LogP contribution < -0.4 is 5.32 Å². The summed E-state index contributed by atoms with van der Waals surface area (Å²) in [6, 6.07) is 7.23. The van der Waals surface area contributed by atoms with Gasteiger partial charge in [0.1, 0.15) is 11.6 Å². The van der Waals surface area contributed by atoms with Crippen LogP contribution in [0.2, 0.25) is 0 Å². The number of nitrogens with one attached hydrogen (secondary N) is 1. The standard InChI is InChI=1S/C15H14F4N2/c1-2-6-20-14-9-11(15(17,18)19)8-13(21-14)10-4-3-5-12(16)7-10/h3-5,7-9H,2,6H2,1H3,(H,20,21). The van der Waals surface area contributed by atoms with Crippen LogP contribution in [-0.2, 0) is 6.18 Å². The first kappa shape index (κ1) is 15.3. The van der Waals surface area contributed by atoms with Crippen molar-refractivity contribution in [3.8, 4) is 11.3 Å². The quantitative estimate of drug-likeness (QED) is 0.825. The molecule has 2 aromatic rings. The van der Waals surface area contributed by atoms with Crippen molar-refractivity contribution in [2.24, 2.45) is 0 Å². The lowest BCUT2D eigenvalue weighted by molar-refractivity contribution is -0.137. The Kier molecular flexibility index (Phi) is 4.45. The Balaban J connectivity index is 2.49. The summed E-state index contributed by atoms with van der Waals surface area (Å²) in [6.45, 7) is 2.41. The first-order chi connectivity index (χ1) is 9.90. The second-order valence-corrected chi connectivity index (χ2v) is 4.56. The Bertz CT molecular complexity index is 623. The topological polar surface area (TPSA) is 24.9 Å². The van der Waals surface area contributed by atoms with E-state index in [9.17, 15) is 17.6 Å². The molecule has 21 heavy (non-hydrogen) atoms. The van der Waals surface area contributed by atoms with E-state index >= 15 is 0 Å². The van der Waals surface area contributed by atoms with Crippen molar-refractivity contribution in [1.82, 2.24) is 4.98 Å². The summed E-state index contributed by atoms with van der Waals surface area (Å²) in [7, 11) is 0. The van der Waals surface area contributed by atoms with Crippen LogP contribution in [-0.4, -0.2) is 11.5 Å². The van der Waals surface area contributed by atoms with Gasteiger partial charge < -0.3 is 5.32 Å². The number of hydrogen-bond donors (Lipinski definition) is 1. The predicted octanol–water partition coefficient (Wildman–Crippen LogP) is 4.73. The van der Waals surface area contributed by atoms with Gasteiger partial charge in [-0.3, -0.25) is 0 Å². The van der Waals surface area contributed by atoms with Crippen molar-refractivity contribution in [1.29, 1.82) is 0 Å². The van der Waals surface area contributed by atoms with E-state index in [0.717, 1.165) is 24.6 Å². The van der Waals surface area contributed by atoms with Gasteiger partial charge in [0.15, 0.2) is 0 Å². The first-order valence-corrected chi connectivity index (χ1v) is 6.49. The molecule has 1 aromatic carbocycles. The molecule has 0 saturated heterocycles. The molecule has 2 rings (SSSR count). The highest BCUT2D eigenvalue weighted by Crippen LogP contribution is 2.33. The molecule has 0 saturated carbocycles. The van der Waals surface area contributed by atoms with E-state index < -0.39 is 17.6 Å². The lowest BCUT2D eigenvalue weighted by atomic mass is 10.1. The van der Waals surface area contributed by atoms with Crippen LogP contribution in [0.15, 0.2) is 36.4 Å². The van der Waals surface area contributed by atoms with E-state index in [1.165, 1.54) is 18.2 Å². The van der Waals surface area contributed by atoms with Crippen molar-refractivity contribution < 1.29 is 17.6 Å². The number of anilines is 1. The maximum Gasteiger partial charge on any atom is 0.416 e. The van der Waals surface area contributed by atoms with E-state index in [2.05, 4.69) is 10.3 Å². The molecule has 0 amide bonds. The molecule has 2 nitrogen and oxygen atoms in total. The summed E-state index contributed by atoms with van der Waals surface area (Å²) in [5, 5.41) is 2.83. The van der Waals surface area contributed by atoms with Crippen LogP contribution in [0, 0.1) is 5.82 Å². The van der Waals surface area contributed by atoms with Gasteiger partial charge in [0.25, 0.3) is 0 Å². The van der Waals surface area contributed by atoms with E-state index in [1.54, 1.807) is 0 Å². The number of halogens is 4. The third-order valence-electron chi connectivity index (χ3n) is 2.83. The smallest absolute Gasteiger partial charge is 0.370 e. The monoisotopic (exact) mass is 298 g/mol. The van der Waals surface area contributed by atoms with Gasteiger partial charge >= 0.3 is 6.18 Å². The summed E-state index contributed by atoms with van der Waals surface area (Å²) >= 11 is 0. The van der Waals surface area contributed by atoms with Crippen LogP contribution >= 0.6 is 0 Å². The number of alkyl halides is 3. The largest absolute Gasteiger partial charge is 0.416 e. The summed E-state index contributed by atoms with van der Waals surface area (Å²) in [5.74, 6) is -0.388. The lowest BCUT2D eigenvalue weighted by Gasteiger charge is -2.12. The molecular weight excluding hydrogens is 284 g/mol.